The summed E-state index contributed by atoms with van der Waals surface area (Å²) >= 11 is 0. The number of pyridine rings is 1. The number of hydrogen-bond donors (Lipinski definition) is 1. The Balaban J connectivity index is 1.94. The third kappa shape index (κ3) is 2.49. The molecular formula is C11H17N5. The number of anilines is 1. The van der Waals surface area contributed by atoms with Gasteiger partial charge < -0.3 is 10.2 Å². The van der Waals surface area contributed by atoms with E-state index in [0.29, 0.717) is 5.95 Å². The average Bonchev–Trinajstić information content (AvgIpc) is 2.71. The van der Waals surface area contributed by atoms with E-state index < -0.39 is 0 Å². The van der Waals surface area contributed by atoms with Crippen LogP contribution in [0.4, 0.5) is 5.95 Å². The van der Waals surface area contributed by atoms with Crippen LogP contribution in [0.5, 0.6) is 0 Å². The molecule has 0 radical (unpaired) electrons. The fraction of sp³-hybridized carbons (Fsp3) is 0.455. The zero-order valence-corrected chi connectivity index (χ0v) is 9.72. The molecule has 0 aliphatic rings. The molecule has 0 saturated carbocycles. The number of fused-ring (bicyclic) bond motifs is 1. The molecule has 2 heterocycles. The molecule has 1 N–H and O–H groups in total. The molecule has 86 valence electrons. The number of rotatable bonds is 5. The van der Waals surface area contributed by atoms with Gasteiger partial charge in [0.1, 0.15) is 0 Å². The van der Waals surface area contributed by atoms with Crippen molar-refractivity contribution in [3.63, 3.8) is 0 Å². The van der Waals surface area contributed by atoms with Crippen LogP contribution in [-0.2, 0) is 0 Å². The Morgan fingerprint density at radius 3 is 3.06 bits per heavy atom. The minimum atomic E-state index is 0.690. The zero-order chi connectivity index (χ0) is 11.4. The first-order valence-corrected chi connectivity index (χ1v) is 5.53. The van der Waals surface area contributed by atoms with Crippen LogP contribution in [0.1, 0.15) is 6.92 Å². The molecule has 5 heteroatoms. The van der Waals surface area contributed by atoms with Crippen LogP contribution in [-0.4, -0.2) is 46.2 Å². The molecule has 2 rings (SSSR count). The van der Waals surface area contributed by atoms with Gasteiger partial charge in [-0.25, -0.2) is 4.52 Å². The third-order valence-corrected chi connectivity index (χ3v) is 2.56. The van der Waals surface area contributed by atoms with Crippen LogP contribution in [0, 0.1) is 0 Å². The summed E-state index contributed by atoms with van der Waals surface area (Å²) in [4.78, 5) is 6.60. The van der Waals surface area contributed by atoms with Gasteiger partial charge in [0.15, 0.2) is 5.65 Å². The first-order valence-electron chi connectivity index (χ1n) is 5.53. The van der Waals surface area contributed by atoms with Gasteiger partial charge in [-0.3, -0.25) is 0 Å². The molecule has 2 aromatic rings. The molecule has 5 nitrogen and oxygen atoms in total. The van der Waals surface area contributed by atoms with Gasteiger partial charge in [-0.1, -0.05) is 13.0 Å². The second-order valence-electron chi connectivity index (χ2n) is 3.76. The van der Waals surface area contributed by atoms with E-state index in [0.717, 1.165) is 25.3 Å². The van der Waals surface area contributed by atoms with Crippen LogP contribution >= 0.6 is 0 Å². The lowest BCUT2D eigenvalue weighted by molar-refractivity contribution is 0.367. The lowest BCUT2D eigenvalue weighted by Gasteiger charge is -2.12. The van der Waals surface area contributed by atoms with E-state index in [-0.39, 0.29) is 0 Å². The van der Waals surface area contributed by atoms with E-state index in [1.165, 1.54) is 0 Å². The van der Waals surface area contributed by atoms with E-state index in [1.54, 1.807) is 4.52 Å². The Kier molecular flexibility index (Phi) is 3.36. The number of nitrogens with one attached hydrogen (secondary N) is 1. The molecule has 0 spiro atoms. The highest BCUT2D eigenvalue weighted by Gasteiger charge is 2.01. The quantitative estimate of drug-likeness (QED) is 0.817. The van der Waals surface area contributed by atoms with Gasteiger partial charge in [0.2, 0.25) is 5.95 Å². The van der Waals surface area contributed by atoms with Gasteiger partial charge in [0.25, 0.3) is 0 Å². The van der Waals surface area contributed by atoms with Crippen molar-refractivity contribution in [2.45, 2.75) is 6.92 Å². The Morgan fingerprint density at radius 1 is 1.44 bits per heavy atom. The molecule has 2 aromatic heterocycles. The largest absolute Gasteiger partial charge is 0.352 e. The number of nitrogens with zero attached hydrogens (tertiary/aromatic N) is 4. The lowest BCUT2D eigenvalue weighted by atomic mass is 10.5. The second kappa shape index (κ2) is 4.94. The van der Waals surface area contributed by atoms with E-state index in [1.807, 2.05) is 24.4 Å². The molecule has 0 bridgehead atoms. The highest BCUT2D eigenvalue weighted by atomic mass is 15.3. The van der Waals surface area contributed by atoms with Crippen molar-refractivity contribution in [3.8, 4) is 0 Å². The molecular weight excluding hydrogens is 202 g/mol. The van der Waals surface area contributed by atoms with E-state index in [9.17, 15) is 0 Å². The molecule has 0 aliphatic heterocycles. The van der Waals surface area contributed by atoms with Gasteiger partial charge in [0.05, 0.1) is 0 Å². The predicted molar refractivity (Wildman–Crippen MR) is 64.6 cm³/mol. The first kappa shape index (κ1) is 10.9. The summed E-state index contributed by atoms with van der Waals surface area (Å²) in [5, 5.41) is 7.53. The molecule has 0 fully saturated rings. The van der Waals surface area contributed by atoms with Crippen molar-refractivity contribution in [2.75, 3.05) is 32.0 Å². The van der Waals surface area contributed by atoms with E-state index in [4.69, 9.17) is 0 Å². The van der Waals surface area contributed by atoms with E-state index in [2.05, 4.69) is 34.3 Å². The van der Waals surface area contributed by atoms with Crippen LogP contribution in [0.3, 0.4) is 0 Å². The van der Waals surface area contributed by atoms with Gasteiger partial charge >= 0.3 is 0 Å². The summed E-state index contributed by atoms with van der Waals surface area (Å²) in [6.07, 6.45) is 1.89. The summed E-state index contributed by atoms with van der Waals surface area (Å²) in [6, 6.07) is 5.84. The number of likely N-dealkylation sites (N-methyl/N-ethyl adjacent to an activating group) is 1. The van der Waals surface area contributed by atoms with Crippen molar-refractivity contribution in [3.05, 3.63) is 24.4 Å². The van der Waals surface area contributed by atoms with Crippen LogP contribution in [0.25, 0.3) is 5.65 Å². The molecule has 16 heavy (non-hydrogen) atoms. The van der Waals surface area contributed by atoms with Crippen molar-refractivity contribution >= 4 is 11.6 Å². The van der Waals surface area contributed by atoms with Crippen LogP contribution in [0.15, 0.2) is 24.4 Å². The molecule has 0 amide bonds. The minimum Gasteiger partial charge on any atom is -0.352 e. The highest BCUT2D eigenvalue weighted by Crippen LogP contribution is 2.03. The maximum atomic E-state index is 4.36. The minimum absolute atomic E-state index is 0.690. The zero-order valence-electron chi connectivity index (χ0n) is 9.72. The van der Waals surface area contributed by atoms with Gasteiger partial charge in [-0.2, -0.15) is 4.98 Å². The fourth-order valence-corrected chi connectivity index (χ4v) is 1.42. The Labute approximate surface area is 95.1 Å². The highest BCUT2D eigenvalue weighted by molar-refractivity contribution is 5.42. The van der Waals surface area contributed by atoms with Crippen LogP contribution < -0.4 is 5.32 Å². The standard InChI is InChI=1S/C11H17N5/c1-3-15(2)9-7-12-11-13-10-6-4-5-8-16(10)14-11/h4-6,8H,3,7,9H2,1-2H3,(H,12,14). The first-order chi connectivity index (χ1) is 7.79. The van der Waals surface area contributed by atoms with Crippen molar-refractivity contribution < 1.29 is 0 Å². The van der Waals surface area contributed by atoms with Crippen molar-refractivity contribution in [1.29, 1.82) is 0 Å². The van der Waals surface area contributed by atoms with Gasteiger partial charge in [-0.05, 0) is 25.7 Å². The topological polar surface area (TPSA) is 45.5 Å². The maximum absolute atomic E-state index is 4.36. The Hall–Kier alpha value is -1.62. The fourth-order valence-electron chi connectivity index (χ4n) is 1.42. The normalized spacial score (nSPS) is 11.2. The Bertz CT molecular complexity index is 417. The summed E-state index contributed by atoms with van der Waals surface area (Å²) in [6.45, 7) is 5.05. The summed E-state index contributed by atoms with van der Waals surface area (Å²) in [5.41, 5.74) is 0.869. The average molecular weight is 219 g/mol. The monoisotopic (exact) mass is 219 g/mol. The molecule has 0 aromatic carbocycles. The maximum Gasteiger partial charge on any atom is 0.243 e. The lowest BCUT2D eigenvalue weighted by Crippen LogP contribution is -2.24. The number of aromatic nitrogens is 3. The molecule has 0 atom stereocenters. The summed E-state index contributed by atoms with van der Waals surface area (Å²) in [7, 11) is 2.10. The summed E-state index contributed by atoms with van der Waals surface area (Å²) in [5.74, 6) is 0.690. The van der Waals surface area contributed by atoms with Crippen molar-refractivity contribution in [1.82, 2.24) is 19.5 Å². The summed E-state index contributed by atoms with van der Waals surface area (Å²) < 4.78 is 1.77. The van der Waals surface area contributed by atoms with Gasteiger partial charge in [-0.15, -0.1) is 5.10 Å². The van der Waals surface area contributed by atoms with E-state index >= 15 is 0 Å². The van der Waals surface area contributed by atoms with Crippen molar-refractivity contribution in [2.24, 2.45) is 0 Å². The third-order valence-electron chi connectivity index (χ3n) is 2.56. The van der Waals surface area contributed by atoms with Crippen LogP contribution in [0.2, 0.25) is 0 Å². The molecule has 0 saturated heterocycles. The van der Waals surface area contributed by atoms with Gasteiger partial charge in [0, 0.05) is 19.3 Å². The molecule has 0 unspecified atom stereocenters. The Morgan fingerprint density at radius 2 is 2.31 bits per heavy atom. The second-order valence-corrected chi connectivity index (χ2v) is 3.76. The SMILES string of the molecule is CCN(C)CCNc1nc2ccccn2n1. The smallest absolute Gasteiger partial charge is 0.243 e. The predicted octanol–water partition coefficient (Wildman–Crippen LogP) is 1.09. The molecule has 0 aliphatic carbocycles. The number of hydrogen-bond acceptors (Lipinski definition) is 4.